The summed E-state index contributed by atoms with van der Waals surface area (Å²) in [5.74, 6) is -0.456. The summed E-state index contributed by atoms with van der Waals surface area (Å²) in [6, 6.07) is 4.50. The summed E-state index contributed by atoms with van der Waals surface area (Å²) < 4.78 is 38.3. The number of hydrogen-bond donors (Lipinski definition) is 1. The van der Waals surface area contributed by atoms with Crippen molar-refractivity contribution in [3.05, 3.63) is 30.1 Å². The molecular formula is C9H11BrFNO2S. The van der Waals surface area contributed by atoms with E-state index in [4.69, 9.17) is 0 Å². The van der Waals surface area contributed by atoms with Crippen LogP contribution in [0.25, 0.3) is 0 Å². The van der Waals surface area contributed by atoms with E-state index in [1.165, 1.54) is 12.1 Å². The Morgan fingerprint density at radius 1 is 1.40 bits per heavy atom. The third-order valence-electron chi connectivity index (χ3n) is 1.71. The summed E-state index contributed by atoms with van der Waals surface area (Å²) in [5.41, 5.74) is 0. The molecule has 1 rings (SSSR count). The average molecular weight is 296 g/mol. The summed E-state index contributed by atoms with van der Waals surface area (Å²) >= 11 is 3.16. The molecule has 3 nitrogen and oxygen atoms in total. The van der Waals surface area contributed by atoms with Gasteiger partial charge in [-0.2, -0.15) is 0 Å². The van der Waals surface area contributed by atoms with Gasteiger partial charge in [-0.25, -0.2) is 17.5 Å². The van der Waals surface area contributed by atoms with E-state index in [2.05, 4.69) is 20.7 Å². The number of sulfonamides is 1. The lowest BCUT2D eigenvalue weighted by Crippen LogP contribution is -2.33. The maximum atomic E-state index is 12.6. The molecule has 0 bridgehead atoms. The largest absolute Gasteiger partial charge is 0.240 e. The molecule has 1 unspecified atom stereocenters. The molecule has 0 fully saturated rings. The molecule has 1 aromatic rings. The molecule has 1 N–H and O–H groups in total. The summed E-state index contributed by atoms with van der Waals surface area (Å²) in [7, 11) is -3.54. The van der Waals surface area contributed by atoms with Crippen LogP contribution < -0.4 is 4.72 Å². The summed E-state index contributed by atoms with van der Waals surface area (Å²) in [6.07, 6.45) is 0. The van der Waals surface area contributed by atoms with Crippen molar-refractivity contribution in [1.29, 1.82) is 0 Å². The quantitative estimate of drug-likeness (QED) is 0.862. The smallest absolute Gasteiger partial charge is 0.208 e. The second-order valence-corrected chi connectivity index (χ2v) is 5.49. The van der Waals surface area contributed by atoms with Gasteiger partial charge in [0, 0.05) is 11.4 Å². The maximum absolute atomic E-state index is 12.6. The monoisotopic (exact) mass is 295 g/mol. The zero-order chi connectivity index (χ0) is 11.5. The van der Waals surface area contributed by atoms with Crippen LogP contribution in [0.15, 0.2) is 29.2 Å². The fourth-order valence-corrected chi connectivity index (χ4v) is 2.60. The predicted octanol–water partition coefficient (Wildman–Crippen LogP) is 1.89. The maximum Gasteiger partial charge on any atom is 0.240 e. The predicted molar refractivity (Wildman–Crippen MR) is 60.0 cm³/mol. The lowest BCUT2D eigenvalue weighted by atomic mass is 10.4. The molecule has 84 valence electrons. The van der Waals surface area contributed by atoms with Gasteiger partial charge in [0.25, 0.3) is 0 Å². The van der Waals surface area contributed by atoms with E-state index in [1.54, 1.807) is 6.92 Å². The SMILES string of the molecule is CC(CBr)NS(=O)(=O)c1ccc(F)cc1. The molecule has 6 heteroatoms. The molecule has 0 aliphatic rings. The number of halogens is 2. The van der Waals surface area contributed by atoms with E-state index in [0.29, 0.717) is 5.33 Å². The van der Waals surface area contributed by atoms with Crippen molar-refractivity contribution < 1.29 is 12.8 Å². The van der Waals surface area contributed by atoms with Gasteiger partial charge in [-0.3, -0.25) is 0 Å². The minimum absolute atomic E-state index is 0.0664. The van der Waals surface area contributed by atoms with Gasteiger partial charge >= 0.3 is 0 Å². The molecule has 0 spiro atoms. The zero-order valence-corrected chi connectivity index (χ0v) is 10.5. The Labute approximate surface area is 96.9 Å². The topological polar surface area (TPSA) is 46.2 Å². The second kappa shape index (κ2) is 5.05. The molecule has 0 aromatic heterocycles. The Hall–Kier alpha value is -0.460. The molecule has 0 saturated heterocycles. The van der Waals surface area contributed by atoms with E-state index in [0.717, 1.165) is 12.1 Å². The third-order valence-corrected chi connectivity index (χ3v) is 4.29. The van der Waals surface area contributed by atoms with E-state index < -0.39 is 15.8 Å². The highest BCUT2D eigenvalue weighted by molar-refractivity contribution is 9.09. The van der Waals surface area contributed by atoms with Crippen LogP contribution in [0.3, 0.4) is 0 Å². The molecule has 1 atom stereocenters. The van der Waals surface area contributed by atoms with Crippen molar-refractivity contribution in [3.8, 4) is 0 Å². The lowest BCUT2D eigenvalue weighted by Gasteiger charge is -2.11. The highest BCUT2D eigenvalue weighted by Crippen LogP contribution is 2.10. The first-order valence-electron chi connectivity index (χ1n) is 4.29. The van der Waals surface area contributed by atoms with Crippen LogP contribution >= 0.6 is 15.9 Å². The van der Waals surface area contributed by atoms with Crippen LogP contribution in [0.2, 0.25) is 0 Å². The molecule has 0 radical (unpaired) electrons. The molecule has 0 aliphatic heterocycles. The number of nitrogens with one attached hydrogen (secondary N) is 1. The van der Waals surface area contributed by atoms with Crippen molar-refractivity contribution >= 4 is 26.0 Å². The first-order valence-corrected chi connectivity index (χ1v) is 6.90. The highest BCUT2D eigenvalue weighted by Gasteiger charge is 2.16. The summed E-state index contributed by atoms with van der Waals surface area (Å²) in [6.45, 7) is 1.73. The summed E-state index contributed by atoms with van der Waals surface area (Å²) in [4.78, 5) is 0.0664. The standard InChI is InChI=1S/C9H11BrFNO2S/c1-7(6-10)12-15(13,14)9-4-2-8(11)3-5-9/h2-5,7,12H,6H2,1H3. The van der Waals surface area contributed by atoms with Crippen molar-refractivity contribution in [2.24, 2.45) is 0 Å². The molecule has 1 aromatic carbocycles. The minimum atomic E-state index is -3.54. The lowest BCUT2D eigenvalue weighted by molar-refractivity contribution is 0.570. The van der Waals surface area contributed by atoms with Gasteiger partial charge in [-0.05, 0) is 31.2 Å². The van der Waals surface area contributed by atoms with Gasteiger partial charge < -0.3 is 0 Å². The van der Waals surface area contributed by atoms with E-state index in [9.17, 15) is 12.8 Å². The first-order chi connectivity index (χ1) is 6.95. The van der Waals surface area contributed by atoms with Gasteiger partial charge in [0.1, 0.15) is 5.82 Å². The van der Waals surface area contributed by atoms with Crippen LogP contribution in [0.4, 0.5) is 4.39 Å². The van der Waals surface area contributed by atoms with E-state index in [-0.39, 0.29) is 10.9 Å². The molecule has 0 heterocycles. The van der Waals surface area contributed by atoms with Crippen molar-refractivity contribution in [1.82, 2.24) is 4.72 Å². The normalized spacial score (nSPS) is 13.8. The Balaban J connectivity index is 2.91. The van der Waals surface area contributed by atoms with Gasteiger partial charge in [0.2, 0.25) is 10.0 Å². The molecule has 0 aliphatic carbocycles. The Kier molecular flexibility index (Phi) is 4.24. The van der Waals surface area contributed by atoms with Crippen LogP contribution in [-0.4, -0.2) is 19.8 Å². The number of hydrogen-bond acceptors (Lipinski definition) is 2. The Bertz CT molecular complexity index is 418. The van der Waals surface area contributed by atoms with Crippen LogP contribution in [0.1, 0.15) is 6.92 Å². The third kappa shape index (κ3) is 3.55. The summed E-state index contributed by atoms with van der Waals surface area (Å²) in [5, 5.41) is 0.521. The van der Waals surface area contributed by atoms with Gasteiger partial charge in [-0.1, -0.05) is 15.9 Å². The average Bonchev–Trinajstić information content (AvgIpc) is 2.17. The van der Waals surface area contributed by atoms with Gasteiger partial charge in [0.15, 0.2) is 0 Å². The van der Waals surface area contributed by atoms with Crippen LogP contribution in [0.5, 0.6) is 0 Å². The van der Waals surface area contributed by atoms with Gasteiger partial charge in [0.05, 0.1) is 4.90 Å². The van der Waals surface area contributed by atoms with Crippen molar-refractivity contribution in [2.75, 3.05) is 5.33 Å². The Morgan fingerprint density at radius 3 is 2.40 bits per heavy atom. The first kappa shape index (κ1) is 12.6. The molecule has 0 amide bonds. The number of rotatable bonds is 4. The Morgan fingerprint density at radius 2 is 1.93 bits per heavy atom. The fraction of sp³-hybridized carbons (Fsp3) is 0.333. The molecule has 0 saturated carbocycles. The number of benzene rings is 1. The van der Waals surface area contributed by atoms with Crippen molar-refractivity contribution in [3.63, 3.8) is 0 Å². The van der Waals surface area contributed by atoms with E-state index >= 15 is 0 Å². The minimum Gasteiger partial charge on any atom is -0.208 e. The van der Waals surface area contributed by atoms with E-state index in [1.807, 2.05) is 0 Å². The highest BCUT2D eigenvalue weighted by atomic mass is 79.9. The molecule has 15 heavy (non-hydrogen) atoms. The molecular weight excluding hydrogens is 285 g/mol. The second-order valence-electron chi connectivity index (χ2n) is 3.13. The fourth-order valence-electron chi connectivity index (χ4n) is 0.978. The van der Waals surface area contributed by atoms with Crippen LogP contribution in [0, 0.1) is 5.82 Å². The zero-order valence-electron chi connectivity index (χ0n) is 8.07. The van der Waals surface area contributed by atoms with Gasteiger partial charge in [-0.15, -0.1) is 0 Å². The number of alkyl halides is 1. The van der Waals surface area contributed by atoms with Crippen LogP contribution in [-0.2, 0) is 10.0 Å². The van der Waals surface area contributed by atoms with Crippen molar-refractivity contribution in [2.45, 2.75) is 17.9 Å².